The first-order valence-electron chi connectivity index (χ1n) is 5.17. The van der Waals surface area contributed by atoms with Crippen molar-refractivity contribution in [3.63, 3.8) is 0 Å². The van der Waals surface area contributed by atoms with E-state index in [1.54, 1.807) is 6.07 Å². The topological polar surface area (TPSA) is 67.3 Å². The van der Waals surface area contributed by atoms with E-state index in [-0.39, 0.29) is 17.1 Å². The molecule has 5 nitrogen and oxygen atoms in total. The number of carbonyl (C=O) groups excluding carboxylic acids is 1. The minimum absolute atomic E-state index is 0.121. The van der Waals surface area contributed by atoms with Gasteiger partial charge in [0, 0.05) is 18.1 Å². The fourth-order valence-corrected chi connectivity index (χ4v) is 3.60. The van der Waals surface area contributed by atoms with Gasteiger partial charge in [-0.05, 0) is 25.0 Å². The molecule has 2 heterocycles. The number of amides is 1. The maximum absolute atomic E-state index is 12.0. The highest BCUT2D eigenvalue weighted by Crippen LogP contribution is 2.28. The van der Waals surface area contributed by atoms with Gasteiger partial charge in [-0.15, -0.1) is 0 Å². The van der Waals surface area contributed by atoms with Crippen LogP contribution in [0.1, 0.15) is 23.2 Å². The van der Waals surface area contributed by atoms with Crippen LogP contribution in [0.5, 0.6) is 0 Å². The molecule has 2 rings (SSSR count). The zero-order chi connectivity index (χ0) is 12.5. The summed E-state index contributed by atoms with van der Waals surface area (Å²) in [6.07, 6.45) is 2.85. The Balaban J connectivity index is 2.31. The number of hydrogen-bond donors (Lipinski definition) is 0. The minimum atomic E-state index is -3.72. The highest BCUT2D eigenvalue weighted by atomic mass is 79.9. The summed E-state index contributed by atoms with van der Waals surface area (Å²) < 4.78 is 24.9. The van der Waals surface area contributed by atoms with Crippen molar-refractivity contribution in [1.82, 2.24) is 9.29 Å². The average molecular weight is 319 g/mol. The van der Waals surface area contributed by atoms with Gasteiger partial charge < -0.3 is 0 Å². The van der Waals surface area contributed by atoms with E-state index in [4.69, 9.17) is 0 Å². The van der Waals surface area contributed by atoms with E-state index >= 15 is 0 Å². The molecule has 0 aromatic carbocycles. The molecule has 0 fully saturated rings. The SMILES string of the molecule is O=C1c2cccnc2S(=O)(=O)N1CCCCBr. The number of unbranched alkanes of at least 4 members (excludes halogenated alkanes) is 1. The summed E-state index contributed by atoms with van der Waals surface area (Å²) in [5, 5.41) is 0.670. The van der Waals surface area contributed by atoms with E-state index < -0.39 is 15.9 Å². The van der Waals surface area contributed by atoms with Crippen LogP contribution < -0.4 is 0 Å². The summed E-state index contributed by atoms with van der Waals surface area (Å²) in [6, 6.07) is 3.06. The molecule has 7 heteroatoms. The standard InChI is InChI=1S/C10H11BrN2O3S/c11-5-1-2-7-13-10(14)8-4-3-6-12-9(8)17(13,15)16/h3-4,6H,1-2,5,7H2. The number of sulfonamides is 1. The van der Waals surface area contributed by atoms with Gasteiger partial charge in [0.2, 0.25) is 0 Å². The lowest BCUT2D eigenvalue weighted by Gasteiger charge is -2.13. The molecule has 1 aliphatic heterocycles. The molecule has 0 saturated heterocycles. The van der Waals surface area contributed by atoms with Crippen molar-refractivity contribution in [2.24, 2.45) is 0 Å². The van der Waals surface area contributed by atoms with Crippen LogP contribution in [-0.4, -0.2) is 35.5 Å². The number of nitrogens with zero attached hydrogens (tertiary/aromatic N) is 2. The summed E-state index contributed by atoms with van der Waals surface area (Å²) >= 11 is 3.27. The third-order valence-corrected chi connectivity index (χ3v) is 4.81. The molecular formula is C10H11BrN2O3S. The predicted molar refractivity (Wildman–Crippen MR) is 65.5 cm³/mol. The number of hydrogen-bond acceptors (Lipinski definition) is 4. The van der Waals surface area contributed by atoms with Gasteiger partial charge in [0.1, 0.15) is 0 Å². The highest BCUT2D eigenvalue weighted by Gasteiger charge is 2.41. The van der Waals surface area contributed by atoms with Crippen LogP contribution >= 0.6 is 15.9 Å². The normalized spacial score (nSPS) is 17.2. The van der Waals surface area contributed by atoms with E-state index in [0.717, 1.165) is 16.1 Å². The number of alkyl halides is 1. The number of rotatable bonds is 4. The van der Waals surface area contributed by atoms with Crippen molar-refractivity contribution in [2.45, 2.75) is 17.9 Å². The van der Waals surface area contributed by atoms with Gasteiger partial charge in [-0.1, -0.05) is 15.9 Å². The first-order valence-corrected chi connectivity index (χ1v) is 7.73. The molecule has 0 spiro atoms. The Morgan fingerprint density at radius 2 is 2.12 bits per heavy atom. The largest absolute Gasteiger partial charge is 0.285 e. The first-order chi connectivity index (χ1) is 8.09. The smallest absolute Gasteiger partial charge is 0.268 e. The molecule has 0 aliphatic carbocycles. The van der Waals surface area contributed by atoms with Crippen molar-refractivity contribution >= 4 is 31.9 Å². The van der Waals surface area contributed by atoms with Gasteiger partial charge in [-0.25, -0.2) is 9.29 Å². The van der Waals surface area contributed by atoms with Crippen LogP contribution in [0.4, 0.5) is 0 Å². The van der Waals surface area contributed by atoms with E-state index in [1.165, 1.54) is 12.3 Å². The molecule has 1 aliphatic rings. The van der Waals surface area contributed by atoms with Crippen LogP contribution in [0.25, 0.3) is 0 Å². The van der Waals surface area contributed by atoms with Gasteiger partial charge in [-0.2, -0.15) is 8.42 Å². The quantitative estimate of drug-likeness (QED) is 0.621. The average Bonchev–Trinajstić information content (AvgIpc) is 2.51. The maximum atomic E-state index is 12.0. The third-order valence-electron chi connectivity index (χ3n) is 2.51. The van der Waals surface area contributed by atoms with E-state index in [2.05, 4.69) is 20.9 Å². The van der Waals surface area contributed by atoms with Crippen molar-refractivity contribution in [1.29, 1.82) is 0 Å². The van der Waals surface area contributed by atoms with Crippen molar-refractivity contribution in [2.75, 3.05) is 11.9 Å². The van der Waals surface area contributed by atoms with Crippen molar-refractivity contribution < 1.29 is 13.2 Å². The Hall–Kier alpha value is -0.950. The number of fused-ring (bicyclic) bond motifs is 1. The summed E-state index contributed by atoms with van der Waals surface area (Å²) in [6.45, 7) is 0.211. The summed E-state index contributed by atoms with van der Waals surface area (Å²) in [4.78, 5) is 15.7. The lowest BCUT2D eigenvalue weighted by Crippen LogP contribution is -2.31. The maximum Gasteiger partial charge on any atom is 0.285 e. The van der Waals surface area contributed by atoms with Gasteiger partial charge in [0.15, 0.2) is 5.03 Å². The third kappa shape index (κ3) is 2.09. The molecule has 17 heavy (non-hydrogen) atoms. The molecule has 1 aromatic rings. The zero-order valence-corrected chi connectivity index (χ0v) is 11.4. The molecule has 0 unspecified atom stereocenters. The zero-order valence-electron chi connectivity index (χ0n) is 8.97. The lowest BCUT2D eigenvalue weighted by molar-refractivity contribution is 0.0870. The van der Waals surface area contributed by atoms with Gasteiger partial charge >= 0.3 is 0 Å². The van der Waals surface area contributed by atoms with Crippen LogP contribution in [-0.2, 0) is 10.0 Å². The van der Waals surface area contributed by atoms with Crippen LogP contribution in [0.2, 0.25) is 0 Å². The number of aromatic nitrogens is 1. The second kappa shape index (κ2) is 4.73. The molecule has 1 aromatic heterocycles. The van der Waals surface area contributed by atoms with Gasteiger partial charge in [0.05, 0.1) is 5.56 Å². The number of halogens is 1. The molecule has 92 valence electrons. The first kappa shape index (κ1) is 12.5. The predicted octanol–water partition coefficient (Wildman–Crippen LogP) is 1.40. The Kier molecular flexibility index (Phi) is 3.48. The van der Waals surface area contributed by atoms with Crippen molar-refractivity contribution in [3.8, 4) is 0 Å². The van der Waals surface area contributed by atoms with Crippen LogP contribution in [0, 0.1) is 0 Å². The summed E-state index contributed by atoms with van der Waals surface area (Å²) in [7, 11) is -3.72. The molecule has 1 amide bonds. The van der Waals surface area contributed by atoms with Crippen LogP contribution in [0.15, 0.2) is 23.4 Å². The van der Waals surface area contributed by atoms with Gasteiger partial charge in [0.25, 0.3) is 15.9 Å². The molecule has 0 N–H and O–H groups in total. The number of pyridine rings is 1. The molecule has 0 bridgehead atoms. The Morgan fingerprint density at radius 1 is 1.35 bits per heavy atom. The number of carbonyl (C=O) groups is 1. The monoisotopic (exact) mass is 318 g/mol. The van der Waals surface area contributed by atoms with Crippen molar-refractivity contribution in [3.05, 3.63) is 23.9 Å². The Labute approximate surface area is 108 Å². The fraction of sp³-hybridized carbons (Fsp3) is 0.400. The Morgan fingerprint density at radius 3 is 2.76 bits per heavy atom. The lowest BCUT2D eigenvalue weighted by atomic mass is 10.2. The summed E-state index contributed by atoms with van der Waals surface area (Å²) in [5.74, 6) is -0.470. The summed E-state index contributed by atoms with van der Waals surface area (Å²) in [5.41, 5.74) is 0.173. The minimum Gasteiger partial charge on any atom is -0.268 e. The molecular weight excluding hydrogens is 308 g/mol. The van der Waals surface area contributed by atoms with Crippen LogP contribution in [0.3, 0.4) is 0 Å². The Bertz CT molecular complexity index is 544. The van der Waals surface area contributed by atoms with Gasteiger partial charge in [-0.3, -0.25) is 4.79 Å². The fourth-order valence-electron chi connectivity index (χ4n) is 1.68. The van der Waals surface area contributed by atoms with E-state index in [1.807, 2.05) is 0 Å². The van der Waals surface area contributed by atoms with E-state index in [9.17, 15) is 13.2 Å². The molecule has 0 saturated carbocycles. The molecule has 0 atom stereocenters. The van der Waals surface area contributed by atoms with E-state index in [0.29, 0.717) is 6.42 Å². The second-order valence-corrected chi connectivity index (χ2v) is 6.21. The second-order valence-electron chi connectivity index (χ2n) is 3.63. The molecule has 0 radical (unpaired) electrons. The highest BCUT2D eigenvalue weighted by molar-refractivity contribution is 9.09.